The molecule has 200 valence electrons. The van der Waals surface area contributed by atoms with Crippen LogP contribution in [0.15, 0.2) is 58.3 Å². The van der Waals surface area contributed by atoms with Gasteiger partial charge >= 0.3 is 0 Å². The SMILES string of the molecule is Cc1ccc(S(=O)(=O)N(CCCO)[C@@H]2CCCC[C@H]2N(CCCO)S(=O)(=O)c2ccc(C)cc2)cc1. The number of aryl methyl sites for hydroxylation is 2. The maximum Gasteiger partial charge on any atom is 0.243 e. The fourth-order valence-corrected chi connectivity index (χ4v) is 8.28. The van der Waals surface area contributed by atoms with Crippen LogP contribution in [0, 0.1) is 13.8 Å². The lowest BCUT2D eigenvalue weighted by Gasteiger charge is -2.43. The van der Waals surface area contributed by atoms with E-state index in [1.165, 1.54) is 8.61 Å². The van der Waals surface area contributed by atoms with Crippen molar-refractivity contribution in [2.24, 2.45) is 0 Å². The normalized spacial score (nSPS) is 19.2. The minimum atomic E-state index is -3.94. The molecule has 1 aliphatic rings. The second-order valence-corrected chi connectivity index (χ2v) is 13.2. The van der Waals surface area contributed by atoms with Crippen molar-refractivity contribution in [3.05, 3.63) is 59.7 Å². The van der Waals surface area contributed by atoms with Crippen LogP contribution >= 0.6 is 0 Å². The molecule has 0 unspecified atom stereocenters. The van der Waals surface area contributed by atoms with Crippen molar-refractivity contribution >= 4 is 20.0 Å². The lowest BCUT2D eigenvalue weighted by Crippen LogP contribution is -2.57. The number of aliphatic hydroxyl groups is 2. The summed E-state index contributed by atoms with van der Waals surface area (Å²) in [4.78, 5) is 0.303. The lowest BCUT2D eigenvalue weighted by molar-refractivity contribution is 0.132. The van der Waals surface area contributed by atoms with Crippen molar-refractivity contribution in [3.8, 4) is 0 Å². The molecule has 1 fully saturated rings. The van der Waals surface area contributed by atoms with Crippen LogP contribution < -0.4 is 0 Å². The molecule has 3 rings (SSSR count). The van der Waals surface area contributed by atoms with E-state index in [4.69, 9.17) is 0 Å². The molecule has 2 aromatic carbocycles. The smallest absolute Gasteiger partial charge is 0.243 e. The highest BCUT2D eigenvalue weighted by atomic mass is 32.2. The number of sulfonamides is 2. The van der Waals surface area contributed by atoms with Crippen LogP contribution in [0.5, 0.6) is 0 Å². The molecule has 2 atom stereocenters. The maximum absolute atomic E-state index is 13.8. The van der Waals surface area contributed by atoms with Crippen molar-refractivity contribution in [1.82, 2.24) is 8.61 Å². The first-order valence-corrected chi connectivity index (χ1v) is 15.4. The van der Waals surface area contributed by atoms with Gasteiger partial charge < -0.3 is 10.2 Å². The molecule has 10 heteroatoms. The van der Waals surface area contributed by atoms with Crippen molar-refractivity contribution in [3.63, 3.8) is 0 Å². The number of hydrogen-bond acceptors (Lipinski definition) is 6. The Morgan fingerprint density at radius 1 is 0.667 bits per heavy atom. The predicted molar refractivity (Wildman–Crippen MR) is 140 cm³/mol. The quantitative estimate of drug-likeness (QED) is 0.429. The van der Waals surface area contributed by atoms with Crippen LogP contribution in [0.25, 0.3) is 0 Å². The van der Waals surface area contributed by atoms with E-state index in [-0.39, 0.29) is 48.9 Å². The number of benzene rings is 2. The number of rotatable bonds is 12. The molecular weight excluding hydrogens is 500 g/mol. The zero-order valence-electron chi connectivity index (χ0n) is 21.1. The zero-order chi connectivity index (χ0) is 26.3. The summed E-state index contributed by atoms with van der Waals surface area (Å²) in [5.41, 5.74) is 1.87. The van der Waals surface area contributed by atoms with E-state index in [1.807, 2.05) is 13.8 Å². The van der Waals surface area contributed by atoms with Gasteiger partial charge in [0.15, 0.2) is 0 Å². The fraction of sp³-hybridized carbons (Fsp3) is 0.538. The summed E-state index contributed by atoms with van der Waals surface area (Å²) >= 11 is 0. The Balaban J connectivity index is 2.07. The highest BCUT2D eigenvalue weighted by molar-refractivity contribution is 7.89. The topological polar surface area (TPSA) is 115 Å². The van der Waals surface area contributed by atoms with Crippen molar-refractivity contribution in [2.75, 3.05) is 26.3 Å². The van der Waals surface area contributed by atoms with E-state index < -0.39 is 32.1 Å². The van der Waals surface area contributed by atoms with E-state index in [9.17, 15) is 27.0 Å². The van der Waals surface area contributed by atoms with E-state index in [0.29, 0.717) is 12.8 Å². The second kappa shape index (κ2) is 12.6. The van der Waals surface area contributed by atoms with Crippen LogP contribution in [-0.4, -0.2) is 74.0 Å². The number of aliphatic hydroxyl groups excluding tert-OH is 2. The fourth-order valence-electron chi connectivity index (χ4n) is 4.84. The van der Waals surface area contributed by atoms with Gasteiger partial charge in [0.05, 0.1) is 9.79 Å². The van der Waals surface area contributed by atoms with Crippen LogP contribution in [0.4, 0.5) is 0 Å². The van der Waals surface area contributed by atoms with Crippen molar-refractivity contribution in [2.45, 2.75) is 74.2 Å². The molecule has 8 nitrogen and oxygen atoms in total. The predicted octanol–water partition coefficient (Wildman–Crippen LogP) is 3.06. The molecule has 1 aliphatic carbocycles. The standard InChI is InChI=1S/C26H38N2O6S2/c1-21-9-13-23(14-10-21)35(31,32)27(17-5-19-29)25-7-3-4-8-26(25)28(18-6-20-30)36(33,34)24-15-11-22(2)12-16-24/h9-16,25-26,29-30H,3-8,17-20H2,1-2H3/t25-,26-/m1/s1. The molecule has 0 spiro atoms. The van der Waals surface area contributed by atoms with E-state index in [1.54, 1.807) is 48.5 Å². The monoisotopic (exact) mass is 538 g/mol. The summed E-state index contributed by atoms with van der Waals surface area (Å²) in [5, 5.41) is 19.0. The minimum absolute atomic E-state index is 0.0896. The molecule has 0 radical (unpaired) electrons. The third kappa shape index (κ3) is 6.54. The Morgan fingerprint density at radius 2 is 1.00 bits per heavy atom. The van der Waals surface area contributed by atoms with Gasteiger partial charge in [0.25, 0.3) is 0 Å². The van der Waals surface area contributed by atoms with E-state index in [0.717, 1.165) is 24.0 Å². The van der Waals surface area contributed by atoms with E-state index in [2.05, 4.69) is 0 Å². The first-order chi connectivity index (χ1) is 17.1. The summed E-state index contributed by atoms with van der Waals surface area (Å²) < 4.78 is 58.1. The Labute approximate surface area is 215 Å². The highest BCUT2D eigenvalue weighted by Crippen LogP contribution is 2.34. The van der Waals surface area contributed by atoms with E-state index >= 15 is 0 Å². The maximum atomic E-state index is 13.8. The molecule has 36 heavy (non-hydrogen) atoms. The van der Waals surface area contributed by atoms with Gasteiger partial charge in [0.2, 0.25) is 20.0 Å². The number of hydrogen-bond donors (Lipinski definition) is 2. The first-order valence-electron chi connectivity index (χ1n) is 12.5. The van der Waals surface area contributed by atoms with Crippen molar-refractivity contribution in [1.29, 1.82) is 0 Å². The Bertz CT molecular complexity index is 1090. The third-order valence-electron chi connectivity index (χ3n) is 6.76. The molecular formula is C26H38N2O6S2. The molecule has 2 N–H and O–H groups in total. The van der Waals surface area contributed by atoms with Crippen LogP contribution in [0.2, 0.25) is 0 Å². The molecule has 0 saturated heterocycles. The average molecular weight is 539 g/mol. The van der Waals surface area contributed by atoms with Gasteiger partial charge in [-0.25, -0.2) is 16.8 Å². The van der Waals surface area contributed by atoms with Gasteiger partial charge in [0.1, 0.15) is 0 Å². The molecule has 0 amide bonds. The summed E-state index contributed by atoms with van der Waals surface area (Å²) in [6.45, 7) is 3.59. The second-order valence-electron chi connectivity index (χ2n) is 9.43. The van der Waals surface area contributed by atoms with Gasteiger partial charge in [-0.1, -0.05) is 48.2 Å². The summed E-state index contributed by atoms with van der Waals surface area (Å²) in [7, 11) is -7.88. The van der Waals surface area contributed by atoms with Crippen LogP contribution in [0.3, 0.4) is 0 Å². The number of nitrogens with zero attached hydrogens (tertiary/aromatic N) is 2. The summed E-state index contributed by atoms with van der Waals surface area (Å²) in [5.74, 6) is 0. The van der Waals surface area contributed by atoms with Crippen LogP contribution in [-0.2, 0) is 20.0 Å². The summed E-state index contributed by atoms with van der Waals surface area (Å²) in [6, 6.07) is 12.1. The van der Waals surface area contributed by atoms with Gasteiger partial charge in [-0.2, -0.15) is 8.61 Å². The summed E-state index contributed by atoms with van der Waals surface area (Å²) in [6.07, 6.45) is 3.07. The average Bonchev–Trinajstić information content (AvgIpc) is 2.85. The Kier molecular flexibility index (Phi) is 10.1. The molecule has 0 aliphatic heterocycles. The van der Waals surface area contributed by atoms with Crippen LogP contribution in [0.1, 0.15) is 49.7 Å². The molecule has 2 aromatic rings. The zero-order valence-corrected chi connectivity index (χ0v) is 22.7. The van der Waals surface area contributed by atoms with Gasteiger partial charge in [-0.15, -0.1) is 0 Å². The van der Waals surface area contributed by atoms with Gasteiger partial charge in [-0.3, -0.25) is 0 Å². The van der Waals surface area contributed by atoms with Gasteiger partial charge in [-0.05, 0) is 63.8 Å². The molecule has 0 heterocycles. The lowest BCUT2D eigenvalue weighted by atomic mass is 9.90. The molecule has 0 bridgehead atoms. The molecule has 1 saturated carbocycles. The third-order valence-corrected chi connectivity index (χ3v) is 10.6. The Hall–Kier alpha value is -1.82. The minimum Gasteiger partial charge on any atom is -0.396 e. The first kappa shape index (κ1) is 28.7. The largest absolute Gasteiger partial charge is 0.396 e. The molecule has 0 aromatic heterocycles. The van der Waals surface area contributed by atoms with Gasteiger partial charge in [0, 0.05) is 38.4 Å². The highest BCUT2D eigenvalue weighted by Gasteiger charge is 2.43. The van der Waals surface area contributed by atoms with Crippen molar-refractivity contribution < 1.29 is 27.0 Å². The Morgan fingerprint density at radius 3 is 1.31 bits per heavy atom.